The summed E-state index contributed by atoms with van der Waals surface area (Å²) < 4.78 is 12.6. The van der Waals surface area contributed by atoms with Crippen LogP contribution in [0.2, 0.25) is 0 Å². The summed E-state index contributed by atoms with van der Waals surface area (Å²) in [6.07, 6.45) is 8.02. The first-order valence-electron chi connectivity index (χ1n) is 13.2. The van der Waals surface area contributed by atoms with E-state index in [1.807, 2.05) is 0 Å². The van der Waals surface area contributed by atoms with Crippen molar-refractivity contribution in [1.82, 2.24) is 0 Å². The first-order chi connectivity index (χ1) is 17.1. The number of hydrogen-bond donors (Lipinski definition) is 0. The second-order valence-electron chi connectivity index (χ2n) is 12.1. The van der Waals surface area contributed by atoms with Crippen LogP contribution in [0.25, 0.3) is 16.7 Å². The molecule has 3 heteroatoms. The molecule has 1 unspecified atom stereocenters. The lowest BCUT2D eigenvalue weighted by Gasteiger charge is -2.32. The lowest BCUT2D eigenvalue weighted by molar-refractivity contribution is 0.00578. The van der Waals surface area contributed by atoms with Crippen LogP contribution in [0.15, 0.2) is 85.0 Å². The second-order valence-corrected chi connectivity index (χ2v) is 12.1. The quantitative estimate of drug-likeness (QED) is 0.368. The Kier molecular flexibility index (Phi) is 5.27. The van der Waals surface area contributed by atoms with E-state index in [-0.39, 0.29) is 23.7 Å². The zero-order valence-corrected chi connectivity index (χ0v) is 22.3. The highest BCUT2D eigenvalue weighted by Crippen LogP contribution is 2.49. The minimum Gasteiger partial charge on any atom is -0.399 e. The molecule has 0 aromatic heterocycles. The summed E-state index contributed by atoms with van der Waals surface area (Å²) in [6, 6.07) is 24.6. The van der Waals surface area contributed by atoms with E-state index in [0.717, 1.165) is 11.9 Å². The van der Waals surface area contributed by atoms with Crippen molar-refractivity contribution < 1.29 is 9.31 Å². The molecule has 0 bridgehead atoms. The van der Waals surface area contributed by atoms with Gasteiger partial charge in [-0.2, -0.15) is 0 Å². The molecule has 0 saturated carbocycles. The molecule has 2 aliphatic carbocycles. The van der Waals surface area contributed by atoms with Gasteiger partial charge < -0.3 is 9.31 Å². The average Bonchev–Trinajstić information content (AvgIpc) is 3.24. The van der Waals surface area contributed by atoms with E-state index in [1.165, 1.54) is 39.0 Å². The van der Waals surface area contributed by atoms with E-state index in [1.54, 1.807) is 0 Å². The summed E-state index contributed by atoms with van der Waals surface area (Å²) in [5.41, 5.74) is 9.90. The summed E-state index contributed by atoms with van der Waals surface area (Å²) in [7, 11) is -0.335. The average molecular weight is 474 g/mol. The fourth-order valence-corrected chi connectivity index (χ4v) is 5.92. The zero-order chi connectivity index (χ0) is 25.3. The molecule has 2 nitrogen and oxygen atoms in total. The third kappa shape index (κ3) is 3.64. The number of rotatable bonds is 3. The van der Waals surface area contributed by atoms with Gasteiger partial charge in [-0.1, -0.05) is 92.7 Å². The third-order valence-electron chi connectivity index (χ3n) is 8.85. The van der Waals surface area contributed by atoms with Crippen LogP contribution >= 0.6 is 0 Å². The first-order valence-corrected chi connectivity index (χ1v) is 13.2. The van der Waals surface area contributed by atoms with E-state index in [2.05, 4.69) is 127 Å². The SMILES string of the molecule is CC1(C)c2ccccc2-c2cc(C3=CC(c4cccc(B5OC(C)(C)C(C)(C)O5)c4)CC=C3)ccc21. The van der Waals surface area contributed by atoms with Crippen LogP contribution in [0, 0.1) is 0 Å². The molecule has 0 amide bonds. The Morgan fingerprint density at radius 1 is 0.750 bits per heavy atom. The smallest absolute Gasteiger partial charge is 0.399 e. The molecule has 3 aliphatic rings. The highest BCUT2D eigenvalue weighted by Gasteiger charge is 2.51. The van der Waals surface area contributed by atoms with Gasteiger partial charge in [-0.3, -0.25) is 0 Å². The summed E-state index contributed by atoms with van der Waals surface area (Å²) in [5, 5.41) is 0. The number of allylic oxidation sites excluding steroid dienone is 4. The largest absolute Gasteiger partial charge is 0.494 e. The Bertz CT molecular complexity index is 1390. The van der Waals surface area contributed by atoms with Gasteiger partial charge in [0.15, 0.2) is 0 Å². The molecule has 6 rings (SSSR count). The van der Waals surface area contributed by atoms with Crippen LogP contribution in [0.5, 0.6) is 0 Å². The van der Waals surface area contributed by atoms with Crippen molar-refractivity contribution in [1.29, 1.82) is 0 Å². The van der Waals surface area contributed by atoms with Gasteiger partial charge in [0.05, 0.1) is 11.2 Å². The molecular formula is C33H35BO2. The van der Waals surface area contributed by atoms with E-state index < -0.39 is 0 Å². The fraction of sp³-hybridized carbons (Fsp3) is 0.333. The lowest BCUT2D eigenvalue weighted by Crippen LogP contribution is -2.41. The predicted molar refractivity (Wildman–Crippen MR) is 151 cm³/mol. The van der Waals surface area contributed by atoms with E-state index in [4.69, 9.17) is 9.31 Å². The molecule has 0 spiro atoms. The molecule has 3 aromatic carbocycles. The van der Waals surface area contributed by atoms with E-state index in [0.29, 0.717) is 5.92 Å². The van der Waals surface area contributed by atoms with Gasteiger partial charge in [-0.05, 0) is 84.6 Å². The van der Waals surface area contributed by atoms with Crippen LogP contribution in [-0.4, -0.2) is 18.3 Å². The van der Waals surface area contributed by atoms with Gasteiger partial charge in [-0.25, -0.2) is 0 Å². The topological polar surface area (TPSA) is 18.5 Å². The van der Waals surface area contributed by atoms with Crippen molar-refractivity contribution in [2.45, 2.75) is 70.5 Å². The predicted octanol–water partition coefficient (Wildman–Crippen LogP) is 7.42. The molecule has 0 N–H and O–H groups in total. The van der Waals surface area contributed by atoms with Gasteiger partial charge >= 0.3 is 7.12 Å². The maximum atomic E-state index is 6.32. The Morgan fingerprint density at radius 3 is 2.25 bits per heavy atom. The van der Waals surface area contributed by atoms with Crippen LogP contribution in [0.3, 0.4) is 0 Å². The molecule has 36 heavy (non-hydrogen) atoms. The standard InChI is InChI=1S/C33H35BO2/c1-31(2)29-16-8-7-15-27(29)28-21-25(17-18-30(28)31)23-12-9-11-22(19-23)24-13-10-14-26(20-24)34-35-32(3,4)33(5,6)36-34/h7-10,12-22H,11H2,1-6H3. The van der Waals surface area contributed by atoms with Crippen LogP contribution in [0.4, 0.5) is 0 Å². The maximum Gasteiger partial charge on any atom is 0.494 e. The fourth-order valence-electron chi connectivity index (χ4n) is 5.92. The summed E-state index contributed by atoms with van der Waals surface area (Å²) >= 11 is 0. The normalized spacial score (nSPS) is 22.8. The second kappa shape index (κ2) is 8.06. The van der Waals surface area contributed by atoms with Crippen molar-refractivity contribution in [2.24, 2.45) is 0 Å². The lowest BCUT2D eigenvalue weighted by atomic mass is 9.76. The zero-order valence-electron chi connectivity index (χ0n) is 22.3. The minimum absolute atomic E-state index is 0.0394. The molecule has 1 heterocycles. The molecule has 1 fully saturated rings. The molecule has 0 radical (unpaired) electrons. The van der Waals surface area contributed by atoms with Gasteiger partial charge in [0, 0.05) is 11.3 Å². The Balaban J connectivity index is 1.32. The van der Waals surface area contributed by atoms with Crippen LogP contribution < -0.4 is 5.46 Å². The van der Waals surface area contributed by atoms with Gasteiger partial charge in [0.25, 0.3) is 0 Å². The van der Waals surface area contributed by atoms with Gasteiger partial charge in [0.1, 0.15) is 0 Å². The monoisotopic (exact) mass is 474 g/mol. The Hall–Kier alpha value is -2.88. The summed E-state index contributed by atoms with van der Waals surface area (Å²) in [5.74, 6) is 0.323. The highest BCUT2D eigenvalue weighted by atomic mass is 16.7. The Morgan fingerprint density at radius 2 is 1.47 bits per heavy atom. The van der Waals surface area contributed by atoms with Crippen molar-refractivity contribution in [2.75, 3.05) is 0 Å². The first kappa shape index (κ1) is 23.5. The summed E-state index contributed by atoms with van der Waals surface area (Å²) in [6.45, 7) is 13.1. The highest BCUT2D eigenvalue weighted by molar-refractivity contribution is 6.62. The molecule has 1 aliphatic heterocycles. The van der Waals surface area contributed by atoms with E-state index >= 15 is 0 Å². The van der Waals surface area contributed by atoms with Gasteiger partial charge in [-0.15, -0.1) is 0 Å². The van der Waals surface area contributed by atoms with Crippen molar-refractivity contribution in [3.05, 3.63) is 107 Å². The maximum absolute atomic E-state index is 6.32. The molecule has 1 atom stereocenters. The molecule has 1 saturated heterocycles. The number of fused-ring (bicyclic) bond motifs is 3. The summed E-state index contributed by atoms with van der Waals surface area (Å²) in [4.78, 5) is 0. The third-order valence-corrected chi connectivity index (χ3v) is 8.85. The van der Waals surface area contributed by atoms with Crippen LogP contribution in [-0.2, 0) is 14.7 Å². The Labute approximate surface area is 216 Å². The van der Waals surface area contributed by atoms with Crippen LogP contribution in [0.1, 0.15) is 76.1 Å². The van der Waals surface area contributed by atoms with Crippen molar-refractivity contribution in [3.63, 3.8) is 0 Å². The molecular weight excluding hydrogens is 439 g/mol. The number of hydrogen-bond acceptors (Lipinski definition) is 2. The van der Waals surface area contributed by atoms with Crippen molar-refractivity contribution >= 4 is 18.2 Å². The minimum atomic E-state index is -0.338. The molecule has 182 valence electrons. The molecule has 3 aromatic rings. The number of benzene rings is 3. The van der Waals surface area contributed by atoms with Gasteiger partial charge in [0.2, 0.25) is 0 Å². The van der Waals surface area contributed by atoms with E-state index in [9.17, 15) is 0 Å². The van der Waals surface area contributed by atoms with Crippen molar-refractivity contribution in [3.8, 4) is 11.1 Å².